The zero-order valence-electron chi connectivity index (χ0n) is 21.6. The van der Waals surface area contributed by atoms with Crippen molar-refractivity contribution < 1.29 is 30.4 Å². The highest BCUT2D eigenvalue weighted by Crippen LogP contribution is 2.43. The Morgan fingerprint density at radius 3 is 2.49 bits per heavy atom. The van der Waals surface area contributed by atoms with Crippen LogP contribution in [-0.2, 0) is 17.6 Å². The van der Waals surface area contributed by atoms with E-state index in [0.29, 0.717) is 12.3 Å². The maximum atomic E-state index is 11.7. The van der Waals surface area contributed by atoms with Gasteiger partial charge in [0.1, 0.15) is 5.75 Å². The van der Waals surface area contributed by atoms with Crippen LogP contribution in [0.15, 0.2) is 48.7 Å². The Balaban J connectivity index is 0.000000489. The number of pyridine rings is 1. The van der Waals surface area contributed by atoms with Gasteiger partial charge in [-0.2, -0.15) is 5.48 Å². The van der Waals surface area contributed by atoms with Crippen molar-refractivity contribution in [3.63, 3.8) is 0 Å². The molecule has 3 aromatic carbocycles. The minimum absolute atomic E-state index is 0.0936. The highest BCUT2D eigenvalue weighted by molar-refractivity contribution is 6.10. The first-order valence-electron chi connectivity index (χ1n) is 11.9. The van der Waals surface area contributed by atoms with Crippen LogP contribution in [0.5, 0.6) is 5.75 Å². The molecule has 4 aromatic rings. The fraction of sp³-hybridized carbons (Fsp3) is 0.267. The van der Waals surface area contributed by atoms with Gasteiger partial charge in [-0.3, -0.25) is 9.78 Å². The summed E-state index contributed by atoms with van der Waals surface area (Å²) in [5.41, 5.74) is 6.62. The molecule has 0 spiro atoms. The zero-order valence-corrected chi connectivity index (χ0v) is 21.6. The number of aliphatic hydroxyl groups is 1. The molecule has 0 amide bonds. The zero-order chi connectivity index (χ0) is 27.3. The van der Waals surface area contributed by atoms with Gasteiger partial charge in [-0.15, -0.1) is 12.8 Å². The number of aliphatic carboxylic acids is 1. The van der Waals surface area contributed by atoms with E-state index >= 15 is 0 Å². The summed E-state index contributed by atoms with van der Waals surface area (Å²) >= 11 is 0. The Bertz CT molecular complexity index is 1450. The summed E-state index contributed by atoms with van der Waals surface area (Å²) in [5, 5.41) is 30.6. The molecular weight excluding hydrogens is 468 g/mol. The molecule has 5 N–H and O–H groups in total. The molecule has 0 fully saturated rings. The molecule has 7 heteroatoms. The van der Waals surface area contributed by atoms with Gasteiger partial charge < -0.3 is 14.9 Å². The molecule has 5 rings (SSSR count). The topological polar surface area (TPSA) is 116 Å². The summed E-state index contributed by atoms with van der Waals surface area (Å²) in [4.78, 5) is 16.4. The largest absolute Gasteiger partial charge is 0.493 e. The van der Waals surface area contributed by atoms with Crippen LogP contribution in [-0.4, -0.2) is 38.6 Å². The Morgan fingerprint density at radius 1 is 1.14 bits per heavy atom. The van der Waals surface area contributed by atoms with Gasteiger partial charge in [-0.1, -0.05) is 12.1 Å². The van der Waals surface area contributed by atoms with Crippen LogP contribution in [0.1, 0.15) is 37.5 Å². The van der Waals surface area contributed by atoms with Crippen molar-refractivity contribution in [2.75, 3.05) is 6.61 Å². The number of hydrogen-bond donors (Lipinski definition) is 4. The molecule has 0 unspecified atom stereocenters. The van der Waals surface area contributed by atoms with Gasteiger partial charge in [0.25, 0.3) is 0 Å². The van der Waals surface area contributed by atoms with Crippen LogP contribution >= 0.6 is 0 Å². The molecule has 1 aliphatic rings. The monoisotopic (exact) mass is 501 g/mol. The lowest BCUT2D eigenvalue weighted by molar-refractivity contribution is -0.824. The van der Waals surface area contributed by atoms with Crippen LogP contribution in [0.3, 0.4) is 0 Å². The van der Waals surface area contributed by atoms with E-state index in [1.165, 1.54) is 5.56 Å². The van der Waals surface area contributed by atoms with Gasteiger partial charge in [-0.25, -0.2) is 5.21 Å². The fourth-order valence-corrected chi connectivity index (χ4v) is 4.53. The molecule has 0 radical (unpaired) electrons. The van der Waals surface area contributed by atoms with E-state index in [-0.39, 0.29) is 6.42 Å². The van der Waals surface area contributed by atoms with Crippen LogP contribution in [0.2, 0.25) is 0 Å². The van der Waals surface area contributed by atoms with Crippen LogP contribution in [0.25, 0.3) is 32.8 Å². The number of terminal acetylenes is 1. The van der Waals surface area contributed by atoms with Gasteiger partial charge in [-0.05, 0) is 79.6 Å². The molecule has 1 aliphatic heterocycles. The molecule has 0 bridgehead atoms. The molecule has 0 saturated carbocycles. The number of carbonyl (C=O) groups is 1. The van der Waals surface area contributed by atoms with Crippen molar-refractivity contribution >= 4 is 33.3 Å². The molecule has 0 atom stereocenters. The minimum atomic E-state index is -0.886. The van der Waals surface area contributed by atoms with E-state index in [4.69, 9.17) is 9.84 Å². The normalized spacial score (nSPS) is 12.1. The minimum Gasteiger partial charge on any atom is -0.493 e. The van der Waals surface area contributed by atoms with Crippen molar-refractivity contribution in [2.45, 2.75) is 46.1 Å². The average Bonchev–Trinajstić information content (AvgIpc) is 2.85. The standard InChI is InChI=1S/C24H20N2O4.C4H10O.C2H2/c1-13-11-18-15(3-2-4-19(18)26-29)23(17(13)12-21(27)28)16-5-6-20-22-14(8-10-30-20)7-9-25-24(16)22;1-4(2,3)5;1-2/h2-7,9,11,26,29H,8,10,12H2,1H3,(H,27,28);5H,1-3H3;1-2H/p+1. The predicted octanol–water partition coefficient (Wildman–Crippen LogP) is 4.54. The van der Waals surface area contributed by atoms with Crippen molar-refractivity contribution in [1.82, 2.24) is 4.98 Å². The summed E-state index contributed by atoms with van der Waals surface area (Å²) in [6.45, 7) is 7.78. The first-order chi connectivity index (χ1) is 17.6. The number of carboxylic acids is 1. The molecule has 192 valence electrons. The molecule has 1 aromatic heterocycles. The first-order valence-corrected chi connectivity index (χ1v) is 11.9. The number of aryl methyl sites for hydroxylation is 1. The number of quaternary nitrogens is 1. The third-order valence-electron chi connectivity index (χ3n) is 5.85. The number of aromatic nitrogens is 1. The van der Waals surface area contributed by atoms with Gasteiger partial charge in [0.2, 0.25) is 0 Å². The Hall–Kier alpha value is -3.96. The summed E-state index contributed by atoms with van der Waals surface area (Å²) in [5.74, 6) is -0.0770. The quantitative estimate of drug-likeness (QED) is 0.185. The Labute approximate surface area is 216 Å². The van der Waals surface area contributed by atoms with Crippen LogP contribution in [0.4, 0.5) is 5.69 Å². The lowest BCUT2D eigenvalue weighted by Gasteiger charge is -2.21. The second-order valence-corrected chi connectivity index (χ2v) is 9.76. The number of fused-ring (bicyclic) bond motifs is 1. The van der Waals surface area contributed by atoms with Crippen LogP contribution in [0, 0.1) is 19.8 Å². The molecule has 0 saturated heterocycles. The molecule has 7 nitrogen and oxygen atoms in total. The number of benzene rings is 3. The number of carboxylic acid groups (broad SMARTS) is 1. The smallest absolute Gasteiger partial charge is 0.307 e. The lowest BCUT2D eigenvalue weighted by Crippen LogP contribution is -2.73. The van der Waals surface area contributed by atoms with E-state index in [9.17, 15) is 15.1 Å². The Morgan fingerprint density at radius 2 is 1.84 bits per heavy atom. The van der Waals surface area contributed by atoms with Crippen molar-refractivity contribution in [3.8, 4) is 29.7 Å². The highest BCUT2D eigenvalue weighted by Gasteiger charge is 2.23. The van der Waals surface area contributed by atoms with Gasteiger partial charge >= 0.3 is 5.97 Å². The maximum absolute atomic E-state index is 11.7. The number of hydrogen-bond acceptors (Lipinski definition) is 5. The summed E-state index contributed by atoms with van der Waals surface area (Å²) in [6, 6.07) is 13.6. The van der Waals surface area contributed by atoms with Gasteiger partial charge in [0.15, 0.2) is 5.69 Å². The molecule has 0 aliphatic carbocycles. The summed E-state index contributed by atoms with van der Waals surface area (Å²) < 4.78 is 5.86. The lowest BCUT2D eigenvalue weighted by atomic mass is 9.86. The third-order valence-corrected chi connectivity index (χ3v) is 5.85. The fourth-order valence-electron chi connectivity index (χ4n) is 4.53. The van der Waals surface area contributed by atoms with Crippen molar-refractivity contribution in [2.24, 2.45) is 0 Å². The molecule has 2 heterocycles. The molecule has 37 heavy (non-hydrogen) atoms. The van der Waals surface area contributed by atoms with E-state index < -0.39 is 11.6 Å². The van der Waals surface area contributed by atoms with E-state index in [0.717, 1.165) is 61.6 Å². The van der Waals surface area contributed by atoms with E-state index in [1.807, 2.05) is 49.4 Å². The number of nitrogens with two attached hydrogens (primary N) is 1. The number of rotatable bonds is 4. The number of ether oxygens (including phenoxy) is 1. The van der Waals surface area contributed by atoms with Crippen molar-refractivity contribution in [3.05, 3.63) is 65.4 Å². The van der Waals surface area contributed by atoms with Crippen LogP contribution < -0.4 is 10.2 Å². The number of nitrogens with zero attached hydrogens (tertiary/aromatic N) is 1. The van der Waals surface area contributed by atoms with Crippen molar-refractivity contribution in [1.29, 1.82) is 0 Å². The second-order valence-electron chi connectivity index (χ2n) is 9.76. The first kappa shape index (κ1) is 27.6. The Kier molecular flexibility index (Phi) is 8.51. The van der Waals surface area contributed by atoms with E-state index in [1.54, 1.807) is 27.0 Å². The van der Waals surface area contributed by atoms with Gasteiger partial charge in [0.05, 0.1) is 24.1 Å². The highest BCUT2D eigenvalue weighted by atomic mass is 16.5. The average molecular weight is 502 g/mol. The third kappa shape index (κ3) is 6.07. The molecular formula is C30H33N2O5+. The SMILES string of the molecule is C#C.CC(C)(C)O.Cc1cc2c([NH2+]O)cccc2c(-c2ccc3c4c(ccnc24)CCO3)c1CC(=O)O. The van der Waals surface area contributed by atoms with Gasteiger partial charge in [0, 0.05) is 35.0 Å². The predicted molar refractivity (Wildman–Crippen MR) is 145 cm³/mol. The summed E-state index contributed by atoms with van der Waals surface area (Å²) in [7, 11) is 0. The summed E-state index contributed by atoms with van der Waals surface area (Å²) in [6.07, 6.45) is 10.5. The second kappa shape index (κ2) is 11.4. The maximum Gasteiger partial charge on any atom is 0.307 e. The van der Waals surface area contributed by atoms with E-state index in [2.05, 4.69) is 17.8 Å².